The molecule has 3 heteroatoms. The van der Waals surface area contributed by atoms with Crippen molar-refractivity contribution in [2.45, 2.75) is 51.8 Å². The van der Waals surface area contributed by atoms with E-state index in [2.05, 4.69) is 39.6 Å². The topological polar surface area (TPSA) is 38.5 Å². The van der Waals surface area contributed by atoms with Crippen molar-refractivity contribution in [3.8, 4) is 0 Å². The molecule has 1 aliphatic rings. The van der Waals surface area contributed by atoms with Crippen LogP contribution in [0.4, 0.5) is 0 Å². The lowest BCUT2D eigenvalue weighted by atomic mass is 9.85. The largest absolute Gasteiger partial charge is 0.377 e. The maximum atomic E-state index is 5.94. The molecule has 0 aliphatic carbocycles. The molecule has 1 fully saturated rings. The number of nitrogens with zero attached hydrogens (tertiary/aromatic N) is 1. The van der Waals surface area contributed by atoms with E-state index in [1.165, 1.54) is 0 Å². The Balaban J connectivity index is 2.76. The molecular weight excluding hydrogens is 188 g/mol. The molecule has 0 aromatic carbocycles. The second kappa shape index (κ2) is 4.81. The molecule has 0 radical (unpaired) electrons. The van der Waals surface area contributed by atoms with Crippen LogP contribution in [0.5, 0.6) is 0 Å². The predicted octanol–water partition coefficient (Wildman–Crippen LogP) is 1.47. The van der Waals surface area contributed by atoms with Crippen LogP contribution in [0.1, 0.15) is 34.1 Å². The predicted molar refractivity (Wildman–Crippen MR) is 63.9 cm³/mol. The summed E-state index contributed by atoms with van der Waals surface area (Å²) >= 11 is 0. The monoisotopic (exact) mass is 214 g/mol. The zero-order chi connectivity index (χ0) is 11.6. The fourth-order valence-corrected chi connectivity index (χ4v) is 2.39. The van der Waals surface area contributed by atoms with Gasteiger partial charge in [-0.25, -0.2) is 0 Å². The van der Waals surface area contributed by atoms with Gasteiger partial charge < -0.3 is 10.5 Å². The van der Waals surface area contributed by atoms with E-state index in [1.807, 2.05) is 0 Å². The van der Waals surface area contributed by atoms with Crippen LogP contribution >= 0.6 is 0 Å². The second-order valence-electron chi connectivity index (χ2n) is 5.26. The minimum absolute atomic E-state index is 0.0760. The SMILES string of the molecule is CC1OCCC1N(C)C(C)(CN)C(C)C. The van der Waals surface area contributed by atoms with Gasteiger partial charge in [-0.1, -0.05) is 13.8 Å². The van der Waals surface area contributed by atoms with Gasteiger partial charge in [-0.2, -0.15) is 0 Å². The number of hydrogen-bond acceptors (Lipinski definition) is 3. The van der Waals surface area contributed by atoms with Crippen LogP contribution in [0.15, 0.2) is 0 Å². The molecule has 1 saturated heterocycles. The Labute approximate surface area is 94.0 Å². The highest BCUT2D eigenvalue weighted by Crippen LogP contribution is 2.29. The molecule has 0 bridgehead atoms. The summed E-state index contributed by atoms with van der Waals surface area (Å²) < 4.78 is 5.62. The van der Waals surface area contributed by atoms with Crippen molar-refractivity contribution in [3.05, 3.63) is 0 Å². The smallest absolute Gasteiger partial charge is 0.0703 e. The van der Waals surface area contributed by atoms with Crippen LogP contribution < -0.4 is 5.73 Å². The van der Waals surface area contributed by atoms with Gasteiger partial charge in [-0.3, -0.25) is 4.90 Å². The van der Waals surface area contributed by atoms with Gasteiger partial charge in [0.05, 0.1) is 6.10 Å². The van der Waals surface area contributed by atoms with Crippen molar-refractivity contribution in [2.75, 3.05) is 20.2 Å². The fraction of sp³-hybridized carbons (Fsp3) is 1.00. The Bertz CT molecular complexity index is 208. The van der Waals surface area contributed by atoms with E-state index in [1.54, 1.807) is 0 Å². The van der Waals surface area contributed by atoms with Crippen LogP contribution in [-0.4, -0.2) is 42.8 Å². The van der Waals surface area contributed by atoms with Crippen LogP contribution in [0.2, 0.25) is 0 Å². The van der Waals surface area contributed by atoms with E-state index < -0.39 is 0 Å². The van der Waals surface area contributed by atoms with Crippen molar-refractivity contribution < 1.29 is 4.74 Å². The number of likely N-dealkylation sites (N-methyl/N-ethyl adjacent to an activating group) is 1. The van der Waals surface area contributed by atoms with Crippen LogP contribution in [0.25, 0.3) is 0 Å². The highest BCUT2D eigenvalue weighted by molar-refractivity contribution is 4.94. The molecule has 0 spiro atoms. The maximum absolute atomic E-state index is 5.94. The molecule has 0 saturated carbocycles. The molecule has 2 N–H and O–H groups in total. The molecule has 1 aliphatic heterocycles. The molecule has 3 unspecified atom stereocenters. The average molecular weight is 214 g/mol. The first kappa shape index (κ1) is 12.9. The van der Waals surface area contributed by atoms with Gasteiger partial charge in [0.2, 0.25) is 0 Å². The van der Waals surface area contributed by atoms with Crippen LogP contribution in [-0.2, 0) is 4.74 Å². The fourth-order valence-electron chi connectivity index (χ4n) is 2.39. The van der Waals surface area contributed by atoms with Gasteiger partial charge in [0, 0.05) is 24.7 Å². The van der Waals surface area contributed by atoms with Crippen molar-refractivity contribution in [1.29, 1.82) is 0 Å². The Morgan fingerprint density at radius 2 is 2.13 bits per heavy atom. The van der Waals surface area contributed by atoms with Crippen LogP contribution in [0.3, 0.4) is 0 Å². The highest BCUT2D eigenvalue weighted by Gasteiger charge is 2.39. The summed E-state index contributed by atoms with van der Waals surface area (Å²) in [6.07, 6.45) is 1.46. The standard InChI is InChI=1S/C12H26N2O/c1-9(2)12(4,8-13)14(5)11-6-7-15-10(11)3/h9-11H,6-8,13H2,1-5H3. The summed E-state index contributed by atoms with van der Waals surface area (Å²) in [6, 6.07) is 0.515. The third kappa shape index (κ3) is 2.35. The lowest BCUT2D eigenvalue weighted by Gasteiger charge is -2.45. The molecular formula is C12H26N2O. The summed E-state index contributed by atoms with van der Waals surface area (Å²) in [5.74, 6) is 0.556. The third-order valence-corrected chi connectivity index (χ3v) is 4.30. The molecule has 3 nitrogen and oxygen atoms in total. The van der Waals surface area contributed by atoms with Gasteiger partial charge in [0.25, 0.3) is 0 Å². The normalized spacial score (nSPS) is 31.2. The van der Waals surface area contributed by atoms with E-state index >= 15 is 0 Å². The van der Waals surface area contributed by atoms with E-state index in [4.69, 9.17) is 10.5 Å². The summed E-state index contributed by atoms with van der Waals surface area (Å²) in [4.78, 5) is 2.43. The quantitative estimate of drug-likeness (QED) is 0.770. The van der Waals surface area contributed by atoms with Crippen molar-refractivity contribution in [2.24, 2.45) is 11.7 Å². The lowest BCUT2D eigenvalue weighted by Crippen LogP contribution is -2.58. The Hall–Kier alpha value is -0.120. The average Bonchev–Trinajstić information content (AvgIpc) is 2.61. The molecule has 15 heavy (non-hydrogen) atoms. The molecule has 0 amide bonds. The highest BCUT2D eigenvalue weighted by atomic mass is 16.5. The van der Waals surface area contributed by atoms with Crippen molar-refractivity contribution >= 4 is 0 Å². The lowest BCUT2D eigenvalue weighted by molar-refractivity contribution is 0.0145. The van der Waals surface area contributed by atoms with E-state index in [9.17, 15) is 0 Å². The Morgan fingerprint density at radius 1 is 1.53 bits per heavy atom. The second-order valence-corrected chi connectivity index (χ2v) is 5.26. The molecule has 3 atom stereocenters. The molecule has 0 aromatic rings. The summed E-state index contributed by atoms with van der Waals surface area (Å²) in [6.45, 7) is 10.5. The minimum atomic E-state index is 0.0760. The van der Waals surface area contributed by atoms with Crippen molar-refractivity contribution in [3.63, 3.8) is 0 Å². The number of hydrogen-bond donors (Lipinski definition) is 1. The van der Waals surface area contributed by atoms with Crippen LogP contribution in [0, 0.1) is 5.92 Å². The summed E-state index contributed by atoms with van der Waals surface area (Å²) in [5.41, 5.74) is 6.02. The third-order valence-electron chi connectivity index (χ3n) is 4.30. The first-order chi connectivity index (χ1) is 6.93. The Morgan fingerprint density at radius 3 is 2.47 bits per heavy atom. The summed E-state index contributed by atoms with van der Waals surface area (Å²) in [5, 5.41) is 0. The number of nitrogens with two attached hydrogens (primary N) is 1. The van der Waals surface area contributed by atoms with E-state index in [0.717, 1.165) is 13.0 Å². The van der Waals surface area contributed by atoms with E-state index in [0.29, 0.717) is 24.6 Å². The maximum Gasteiger partial charge on any atom is 0.0703 e. The molecule has 1 rings (SSSR count). The Kier molecular flexibility index (Phi) is 4.15. The van der Waals surface area contributed by atoms with Gasteiger partial charge in [-0.15, -0.1) is 0 Å². The van der Waals surface area contributed by atoms with Crippen molar-refractivity contribution in [1.82, 2.24) is 4.90 Å². The van der Waals surface area contributed by atoms with Gasteiger partial charge in [0.15, 0.2) is 0 Å². The number of ether oxygens (including phenoxy) is 1. The van der Waals surface area contributed by atoms with Gasteiger partial charge in [0.1, 0.15) is 0 Å². The molecule has 90 valence electrons. The zero-order valence-corrected chi connectivity index (χ0v) is 10.8. The van der Waals surface area contributed by atoms with Gasteiger partial charge >= 0.3 is 0 Å². The number of rotatable bonds is 4. The minimum Gasteiger partial charge on any atom is -0.377 e. The van der Waals surface area contributed by atoms with Gasteiger partial charge in [-0.05, 0) is 33.2 Å². The first-order valence-electron chi connectivity index (χ1n) is 5.98. The summed E-state index contributed by atoms with van der Waals surface area (Å²) in [7, 11) is 2.18. The zero-order valence-electron chi connectivity index (χ0n) is 10.8. The first-order valence-corrected chi connectivity index (χ1v) is 5.98. The van der Waals surface area contributed by atoms with E-state index in [-0.39, 0.29) is 5.54 Å². The molecule has 1 heterocycles. The molecule has 0 aromatic heterocycles.